The molecular weight excluding hydrogens is 332 g/mol. The number of carbonyl (C=O) groups is 1. The Morgan fingerprint density at radius 2 is 1.77 bits per heavy atom. The lowest BCUT2D eigenvalue weighted by Gasteiger charge is -2.14. The average molecular weight is 356 g/mol. The van der Waals surface area contributed by atoms with Gasteiger partial charge in [0, 0.05) is 6.54 Å². The van der Waals surface area contributed by atoms with E-state index in [1.54, 1.807) is 0 Å². The number of hydrogen-bond acceptors (Lipinski definition) is 4. The lowest BCUT2D eigenvalue weighted by molar-refractivity contribution is 0.174. The number of ether oxygens (including phenoxy) is 3. The van der Waals surface area contributed by atoms with Gasteiger partial charge in [-0.05, 0) is 49.6 Å². The molecule has 2 aromatic rings. The van der Waals surface area contributed by atoms with Gasteiger partial charge >= 0.3 is 6.03 Å². The summed E-state index contributed by atoms with van der Waals surface area (Å²) in [6.07, 6.45) is 0. The van der Waals surface area contributed by atoms with Crippen LogP contribution in [0.25, 0.3) is 0 Å². The first kappa shape index (κ1) is 17.9. The van der Waals surface area contributed by atoms with E-state index in [9.17, 15) is 4.79 Å². The van der Waals surface area contributed by atoms with Gasteiger partial charge in [0.25, 0.3) is 0 Å². The van der Waals surface area contributed by atoms with E-state index in [4.69, 9.17) is 14.2 Å². The summed E-state index contributed by atoms with van der Waals surface area (Å²) in [5.41, 5.74) is 4.38. The molecule has 1 heterocycles. The summed E-state index contributed by atoms with van der Waals surface area (Å²) < 4.78 is 16.4. The molecule has 0 bridgehead atoms. The Morgan fingerprint density at radius 3 is 2.54 bits per heavy atom. The summed E-state index contributed by atoms with van der Waals surface area (Å²) in [6.45, 7) is 7.63. The molecule has 0 radical (unpaired) electrons. The summed E-state index contributed by atoms with van der Waals surface area (Å²) in [5, 5.41) is 5.61. The van der Waals surface area contributed by atoms with Gasteiger partial charge in [0.2, 0.25) is 6.79 Å². The van der Waals surface area contributed by atoms with Gasteiger partial charge in [-0.3, -0.25) is 0 Å². The zero-order chi connectivity index (χ0) is 18.5. The predicted octanol–water partition coefficient (Wildman–Crippen LogP) is 3.22. The molecule has 2 aromatic carbocycles. The van der Waals surface area contributed by atoms with E-state index in [0.29, 0.717) is 25.4 Å². The van der Waals surface area contributed by atoms with Crippen LogP contribution in [0.2, 0.25) is 0 Å². The van der Waals surface area contributed by atoms with Crippen molar-refractivity contribution in [1.82, 2.24) is 10.6 Å². The molecule has 26 heavy (non-hydrogen) atoms. The maximum atomic E-state index is 11.9. The third-order valence-electron chi connectivity index (χ3n) is 4.13. The van der Waals surface area contributed by atoms with Crippen LogP contribution >= 0.6 is 0 Å². The zero-order valence-corrected chi connectivity index (χ0v) is 15.3. The number of rotatable bonds is 6. The highest BCUT2D eigenvalue weighted by Gasteiger charge is 2.13. The highest BCUT2D eigenvalue weighted by Crippen LogP contribution is 2.32. The second kappa shape index (κ2) is 7.99. The number of benzene rings is 2. The Balaban J connectivity index is 1.39. The quantitative estimate of drug-likeness (QED) is 0.780. The summed E-state index contributed by atoms with van der Waals surface area (Å²) >= 11 is 0. The van der Waals surface area contributed by atoms with Crippen molar-refractivity contribution in [2.75, 3.05) is 19.9 Å². The fraction of sp³-hybridized carbons (Fsp3) is 0.350. The minimum absolute atomic E-state index is 0.233. The third kappa shape index (κ3) is 4.39. The SMILES string of the molecule is Cc1cc(C)c(OCCNC(=O)NCc2ccc3c(c2)OCO3)c(C)c1. The molecule has 0 spiro atoms. The third-order valence-corrected chi connectivity index (χ3v) is 4.13. The van der Waals surface area contributed by atoms with Crippen LogP contribution in [-0.2, 0) is 6.54 Å². The van der Waals surface area contributed by atoms with Gasteiger partial charge < -0.3 is 24.8 Å². The first-order valence-electron chi connectivity index (χ1n) is 8.64. The minimum Gasteiger partial charge on any atom is -0.491 e. The Kier molecular flexibility index (Phi) is 5.51. The maximum absolute atomic E-state index is 11.9. The number of aryl methyl sites for hydroxylation is 3. The van der Waals surface area contributed by atoms with E-state index in [-0.39, 0.29) is 12.8 Å². The van der Waals surface area contributed by atoms with E-state index in [1.165, 1.54) is 5.56 Å². The first-order valence-corrected chi connectivity index (χ1v) is 8.64. The lowest BCUT2D eigenvalue weighted by atomic mass is 10.1. The summed E-state index contributed by atoms with van der Waals surface area (Å²) in [5.74, 6) is 2.33. The molecule has 0 aromatic heterocycles. The van der Waals surface area contributed by atoms with Crippen molar-refractivity contribution in [3.05, 3.63) is 52.6 Å². The summed E-state index contributed by atoms with van der Waals surface area (Å²) in [7, 11) is 0. The van der Waals surface area contributed by atoms with Gasteiger partial charge in [-0.15, -0.1) is 0 Å². The van der Waals surface area contributed by atoms with E-state index >= 15 is 0 Å². The normalized spacial score (nSPS) is 12.0. The monoisotopic (exact) mass is 356 g/mol. The van der Waals surface area contributed by atoms with E-state index in [0.717, 1.165) is 28.2 Å². The molecule has 0 aliphatic carbocycles. The standard InChI is InChI=1S/C20H24N2O4/c1-13-8-14(2)19(15(3)9-13)24-7-6-21-20(23)22-11-16-4-5-17-18(10-16)26-12-25-17/h4-5,8-10H,6-7,11-12H2,1-3H3,(H2,21,22,23). The number of hydrogen-bond donors (Lipinski definition) is 2. The molecule has 0 fully saturated rings. The zero-order valence-electron chi connectivity index (χ0n) is 15.3. The molecule has 0 unspecified atom stereocenters. The van der Waals surface area contributed by atoms with E-state index in [2.05, 4.69) is 29.7 Å². The largest absolute Gasteiger partial charge is 0.491 e. The number of urea groups is 1. The molecule has 2 N–H and O–H groups in total. The first-order chi connectivity index (χ1) is 12.5. The Morgan fingerprint density at radius 1 is 1.04 bits per heavy atom. The van der Waals surface area contributed by atoms with Crippen molar-refractivity contribution in [3.8, 4) is 17.2 Å². The van der Waals surface area contributed by atoms with Crippen LogP contribution in [0.1, 0.15) is 22.3 Å². The van der Waals surface area contributed by atoms with Crippen molar-refractivity contribution < 1.29 is 19.0 Å². The van der Waals surface area contributed by atoms with Gasteiger partial charge in [-0.2, -0.15) is 0 Å². The van der Waals surface area contributed by atoms with Crippen molar-refractivity contribution >= 4 is 6.03 Å². The van der Waals surface area contributed by atoms with Gasteiger partial charge in [-0.25, -0.2) is 4.79 Å². The van der Waals surface area contributed by atoms with E-state index in [1.807, 2.05) is 32.0 Å². The minimum atomic E-state index is -0.233. The Labute approximate surface area is 153 Å². The summed E-state index contributed by atoms with van der Waals surface area (Å²) in [4.78, 5) is 11.9. The highest BCUT2D eigenvalue weighted by atomic mass is 16.7. The fourth-order valence-corrected chi connectivity index (χ4v) is 3.01. The molecular formula is C20H24N2O4. The molecule has 2 amide bonds. The van der Waals surface area contributed by atoms with Crippen molar-refractivity contribution in [3.63, 3.8) is 0 Å². The topological polar surface area (TPSA) is 68.8 Å². The predicted molar refractivity (Wildman–Crippen MR) is 99.0 cm³/mol. The average Bonchev–Trinajstić information content (AvgIpc) is 3.06. The van der Waals surface area contributed by atoms with Crippen LogP contribution in [0.15, 0.2) is 30.3 Å². The van der Waals surface area contributed by atoms with Crippen LogP contribution in [0.5, 0.6) is 17.2 Å². The van der Waals surface area contributed by atoms with Gasteiger partial charge in [0.05, 0.1) is 6.54 Å². The molecule has 1 aliphatic heterocycles. The molecule has 6 heteroatoms. The Bertz CT molecular complexity index is 781. The van der Waals surface area contributed by atoms with Gasteiger partial charge in [0.1, 0.15) is 12.4 Å². The van der Waals surface area contributed by atoms with Gasteiger partial charge in [0.15, 0.2) is 11.5 Å². The fourth-order valence-electron chi connectivity index (χ4n) is 3.01. The highest BCUT2D eigenvalue weighted by molar-refractivity contribution is 5.73. The molecule has 0 atom stereocenters. The molecule has 0 saturated carbocycles. The van der Waals surface area contributed by atoms with Crippen molar-refractivity contribution in [1.29, 1.82) is 0 Å². The van der Waals surface area contributed by atoms with Crippen molar-refractivity contribution in [2.24, 2.45) is 0 Å². The molecule has 138 valence electrons. The smallest absolute Gasteiger partial charge is 0.315 e. The Hall–Kier alpha value is -2.89. The van der Waals surface area contributed by atoms with Crippen molar-refractivity contribution in [2.45, 2.75) is 27.3 Å². The second-order valence-corrected chi connectivity index (χ2v) is 6.37. The van der Waals surface area contributed by atoms with Crippen LogP contribution in [0.3, 0.4) is 0 Å². The summed E-state index contributed by atoms with van der Waals surface area (Å²) in [6, 6.07) is 9.57. The van der Waals surface area contributed by atoms with Crippen LogP contribution in [0, 0.1) is 20.8 Å². The molecule has 6 nitrogen and oxygen atoms in total. The second-order valence-electron chi connectivity index (χ2n) is 6.37. The molecule has 1 aliphatic rings. The van der Waals surface area contributed by atoms with Gasteiger partial charge in [-0.1, -0.05) is 23.8 Å². The van der Waals surface area contributed by atoms with Crippen LogP contribution in [0.4, 0.5) is 4.79 Å². The lowest BCUT2D eigenvalue weighted by Crippen LogP contribution is -2.37. The maximum Gasteiger partial charge on any atom is 0.315 e. The number of nitrogens with one attached hydrogen (secondary N) is 2. The number of amides is 2. The molecule has 0 saturated heterocycles. The molecule has 3 rings (SSSR count). The van der Waals surface area contributed by atoms with Crippen LogP contribution < -0.4 is 24.8 Å². The van der Waals surface area contributed by atoms with E-state index < -0.39 is 0 Å². The number of carbonyl (C=O) groups excluding carboxylic acids is 1. The van der Waals surface area contributed by atoms with Crippen LogP contribution in [-0.4, -0.2) is 26.0 Å². The number of fused-ring (bicyclic) bond motifs is 1.